The Kier molecular flexibility index (Phi) is 20.3. The summed E-state index contributed by atoms with van der Waals surface area (Å²) in [6.07, 6.45) is 4.50. The Balaban J connectivity index is 1.44. The summed E-state index contributed by atoms with van der Waals surface area (Å²) in [6.45, 7) is 31.9. The lowest BCUT2D eigenvalue weighted by molar-refractivity contribution is 0.0701. The number of benzene rings is 3. The van der Waals surface area contributed by atoms with Crippen LogP contribution in [0.3, 0.4) is 0 Å². The van der Waals surface area contributed by atoms with Crippen molar-refractivity contribution in [1.82, 2.24) is 0 Å². The Hall–Kier alpha value is -2.59. The second-order valence-corrected chi connectivity index (χ2v) is 22.3. The first-order chi connectivity index (χ1) is 28.9. The Morgan fingerprint density at radius 3 is 1.10 bits per heavy atom. The molecule has 1 heterocycles. The molecule has 1 aliphatic rings. The molecule has 0 bridgehead atoms. The van der Waals surface area contributed by atoms with Crippen LogP contribution < -0.4 is 9.80 Å². The van der Waals surface area contributed by atoms with E-state index in [1.807, 2.05) is 41.5 Å². The van der Waals surface area contributed by atoms with Crippen LogP contribution in [0.2, 0.25) is 12.1 Å². The summed E-state index contributed by atoms with van der Waals surface area (Å²) in [5, 5.41) is 0. The largest absolute Gasteiger partial charge is 0.500 e. The van der Waals surface area contributed by atoms with Gasteiger partial charge >= 0.3 is 17.6 Å². The zero-order chi connectivity index (χ0) is 43.7. The molecule has 3 aromatic carbocycles. The van der Waals surface area contributed by atoms with Gasteiger partial charge in [-0.05, 0) is 107 Å². The number of ether oxygens (including phenoxy) is 1. The molecule has 9 nitrogen and oxygen atoms in total. The van der Waals surface area contributed by atoms with Gasteiger partial charge in [0, 0.05) is 100 Å². The van der Waals surface area contributed by atoms with Crippen molar-refractivity contribution in [1.29, 1.82) is 0 Å². The Bertz CT molecular complexity index is 1600. The van der Waals surface area contributed by atoms with Crippen molar-refractivity contribution in [3.63, 3.8) is 0 Å². The van der Waals surface area contributed by atoms with Gasteiger partial charge in [0.2, 0.25) is 0 Å². The van der Waals surface area contributed by atoms with Gasteiger partial charge in [-0.1, -0.05) is 89.6 Å². The van der Waals surface area contributed by atoms with E-state index in [0.29, 0.717) is 45.7 Å². The van der Waals surface area contributed by atoms with Gasteiger partial charge in [-0.25, -0.2) is 0 Å². The smallest absolute Gasteiger partial charge is 0.374 e. The summed E-state index contributed by atoms with van der Waals surface area (Å²) < 4.78 is 42.5. The van der Waals surface area contributed by atoms with Crippen molar-refractivity contribution in [2.75, 3.05) is 82.2 Å². The molecule has 0 radical (unpaired) electrons. The Morgan fingerprint density at radius 2 is 0.783 bits per heavy atom. The molecule has 0 amide bonds. The molecule has 4 rings (SSSR count). The van der Waals surface area contributed by atoms with Gasteiger partial charge in [0.05, 0.1) is 12.7 Å². The molecule has 1 fully saturated rings. The minimum Gasteiger partial charge on any atom is -0.374 e. The molecule has 0 saturated carbocycles. The van der Waals surface area contributed by atoms with Crippen molar-refractivity contribution in [3.05, 3.63) is 95.1 Å². The van der Waals surface area contributed by atoms with Gasteiger partial charge in [0.25, 0.3) is 0 Å². The monoisotopic (exact) mass is 865 g/mol. The topological polar surface area (TPSA) is 74.4 Å². The number of unbranched alkanes of at least 4 members (excludes halogenated alkanes) is 1. The van der Waals surface area contributed by atoms with Gasteiger partial charge in [-0.2, -0.15) is 0 Å². The van der Waals surface area contributed by atoms with Gasteiger partial charge in [0.15, 0.2) is 0 Å². The van der Waals surface area contributed by atoms with Crippen LogP contribution in [0.4, 0.5) is 11.4 Å². The van der Waals surface area contributed by atoms with Crippen LogP contribution in [-0.2, 0) is 42.1 Å². The maximum absolute atomic E-state index is 6.14. The zero-order valence-electron chi connectivity index (χ0n) is 39.3. The molecule has 0 spiro atoms. The Labute approximate surface area is 367 Å². The first-order valence-electron chi connectivity index (χ1n) is 23.1. The predicted molar refractivity (Wildman–Crippen MR) is 253 cm³/mol. The molecule has 0 aliphatic carbocycles. The molecule has 1 atom stereocenters. The fourth-order valence-electron chi connectivity index (χ4n) is 8.25. The molecule has 60 heavy (non-hydrogen) atoms. The molecule has 11 heteroatoms. The number of epoxide rings is 1. The number of hydrogen-bond acceptors (Lipinski definition) is 9. The summed E-state index contributed by atoms with van der Waals surface area (Å²) >= 11 is 0. The summed E-state index contributed by atoms with van der Waals surface area (Å²) in [7, 11) is -5.36. The molecule has 0 N–H and O–H groups in total. The van der Waals surface area contributed by atoms with Crippen LogP contribution in [-0.4, -0.2) is 96.1 Å². The highest BCUT2D eigenvalue weighted by Crippen LogP contribution is 2.37. The fraction of sp³-hybridized carbons (Fsp3) is 0.633. The van der Waals surface area contributed by atoms with Crippen molar-refractivity contribution in [2.24, 2.45) is 0 Å². The lowest BCUT2D eigenvalue weighted by Crippen LogP contribution is -2.46. The first kappa shape index (κ1) is 50.1. The summed E-state index contributed by atoms with van der Waals surface area (Å²) in [5.41, 5.74) is 7.37. The van der Waals surface area contributed by atoms with E-state index in [1.165, 1.54) is 33.6 Å². The van der Waals surface area contributed by atoms with Gasteiger partial charge < -0.3 is 41.1 Å². The highest BCUT2D eigenvalue weighted by atomic mass is 28.4. The average molecular weight is 865 g/mol. The third kappa shape index (κ3) is 14.0. The van der Waals surface area contributed by atoms with Crippen molar-refractivity contribution in [3.8, 4) is 0 Å². The molecule has 1 aliphatic heterocycles. The van der Waals surface area contributed by atoms with E-state index in [9.17, 15) is 0 Å². The maximum Gasteiger partial charge on any atom is 0.500 e. The quantitative estimate of drug-likeness (QED) is 0.0464. The summed E-state index contributed by atoms with van der Waals surface area (Å²) in [6, 6.07) is 29.3. The first-order valence-corrected chi connectivity index (χ1v) is 27.0. The van der Waals surface area contributed by atoms with Crippen LogP contribution >= 0.6 is 0 Å². The molecule has 1 saturated heterocycles. The lowest BCUT2D eigenvalue weighted by Gasteiger charge is -2.32. The van der Waals surface area contributed by atoms with Gasteiger partial charge in [-0.3, -0.25) is 0 Å². The average Bonchev–Trinajstić information content (AvgIpc) is 4.07. The number of hydrogen-bond donors (Lipinski definition) is 0. The van der Waals surface area contributed by atoms with Crippen LogP contribution in [0.25, 0.3) is 0 Å². The van der Waals surface area contributed by atoms with Crippen LogP contribution in [0.1, 0.15) is 124 Å². The standard InChI is InChI=1S/C49H80N2O7Si2/c1-12-19-34-50(35-20-37-59(53-13-2,54-14-3)55-15-4)45-30-26-43(27-31-45)48(8,9)41-22-24-42(25-23-41)49(10,11)44-28-32-46(33-29-44)51(39-47-40-52-47)36-21-38-60(56-16-5,57-17-6)58-18-7/h22-33,47H,12-21,34-40H2,1-11H3. The molecule has 336 valence electrons. The van der Waals surface area contributed by atoms with Crippen LogP contribution in [0.5, 0.6) is 0 Å². The number of rotatable bonds is 31. The fourth-order valence-corrected chi connectivity index (χ4v) is 13.4. The lowest BCUT2D eigenvalue weighted by atomic mass is 9.74. The van der Waals surface area contributed by atoms with E-state index in [1.54, 1.807) is 0 Å². The van der Waals surface area contributed by atoms with E-state index in [-0.39, 0.29) is 10.8 Å². The normalized spacial score (nSPS) is 14.8. The molecular weight excluding hydrogens is 785 g/mol. The van der Waals surface area contributed by atoms with E-state index < -0.39 is 17.6 Å². The molecular formula is C49H80N2O7Si2. The van der Waals surface area contributed by atoms with E-state index in [2.05, 4.69) is 117 Å². The molecule has 1 unspecified atom stereocenters. The van der Waals surface area contributed by atoms with Crippen LogP contribution in [0, 0.1) is 0 Å². The van der Waals surface area contributed by atoms with E-state index in [0.717, 1.165) is 70.6 Å². The maximum atomic E-state index is 6.14. The predicted octanol–water partition coefficient (Wildman–Crippen LogP) is 11.0. The Morgan fingerprint density at radius 1 is 0.483 bits per heavy atom. The highest BCUT2D eigenvalue weighted by Gasteiger charge is 2.41. The van der Waals surface area contributed by atoms with Gasteiger partial charge in [0.1, 0.15) is 0 Å². The van der Waals surface area contributed by atoms with Crippen molar-refractivity contribution < 1.29 is 31.3 Å². The minimum absolute atomic E-state index is 0.153. The number of nitrogens with zero attached hydrogens (tertiary/aromatic N) is 2. The third-order valence-electron chi connectivity index (χ3n) is 11.9. The molecule has 0 aromatic heterocycles. The minimum atomic E-state index is -2.69. The van der Waals surface area contributed by atoms with E-state index in [4.69, 9.17) is 31.3 Å². The zero-order valence-corrected chi connectivity index (χ0v) is 41.3. The summed E-state index contributed by atoms with van der Waals surface area (Å²) in [5.74, 6) is 0. The highest BCUT2D eigenvalue weighted by molar-refractivity contribution is 6.61. The number of anilines is 2. The van der Waals surface area contributed by atoms with Crippen molar-refractivity contribution in [2.45, 2.75) is 131 Å². The summed E-state index contributed by atoms with van der Waals surface area (Å²) in [4.78, 5) is 4.97. The third-order valence-corrected chi connectivity index (χ3v) is 18.2. The second kappa shape index (κ2) is 24.3. The van der Waals surface area contributed by atoms with Crippen LogP contribution in [0.15, 0.2) is 72.8 Å². The SMILES string of the molecule is CCCCN(CCC[Si](OCC)(OCC)OCC)c1ccc(C(C)(C)c2ccc(C(C)(C)c3ccc(N(CCC[Si](OCC)(OCC)OCC)CC4CO4)cc3)cc2)cc1. The second-order valence-electron chi connectivity index (χ2n) is 16.8. The van der Waals surface area contributed by atoms with Gasteiger partial charge in [-0.15, -0.1) is 0 Å². The molecule has 3 aromatic rings. The van der Waals surface area contributed by atoms with E-state index >= 15 is 0 Å². The van der Waals surface area contributed by atoms with Crippen molar-refractivity contribution >= 4 is 29.0 Å².